The van der Waals surface area contributed by atoms with Crippen LogP contribution < -0.4 is 15.5 Å². The van der Waals surface area contributed by atoms with Crippen LogP contribution in [-0.2, 0) is 14.3 Å². The molecule has 150 valence electrons. The first-order chi connectivity index (χ1) is 13.6. The van der Waals surface area contributed by atoms with E-state index < -0.39 is 11.6 Å². The number of urea groups is 1. The van der Waals surface area contributed by atoms with Crippen molar-refractivity contribution in [2.45, 2.75) is 37.6 Å². The van der Waals surface area contributed by atoms with Crippen molar-refractivity contribution < 1.29 is 19.1 Å². The third-order valence-electron chi connectivity index (χ3n) is 5.66. The number of ether oxygens (including phenoxy) is 1. The Labute approximate surface area is 163 Å². The monoisotopic (exact) mass is 387 g/mol. The molecule has 3 aliphatic rings. The van der Waals surface area contributed by atoms with Crippen LogP contribution in [0.1, 0.15) is 32.1 Å². The molecular weight excluding hydrogens is 362 g/mol. The lowest BCUT2D eigenvalue weighted by Crippen LogP contribution is -2.44. The second-order valence-corrected chi connectivity index (χ2v) is 7.48. The number of hydrogen-bond acceptors (Lipinski definition) is 6. The number of morpholine rings is 1. The molecule has 0 radical (unpaired) electrons. The van der Waals surface area contributed by atoms with Gasteiger partial charge in [-0.15, -0.1) is 0 Å². The van der Waals surface area contributed by atoms with Crippen molar-refractivity contribution in [3.05, 3.63) is 18.3 Å². The number of hydrogen-bond donors (Lipinski definition) is 2. The first-order valence-electron chi connectivity index (χ1n) is 9.80. The fourth-order valence-electron chi connectivity index (χ4n) is 4.08. The van der Waals surface area contributed by atoms with Gasteiger partial charge in [0.15, 0.2) is 0 Å². The number of pyridine rings is 1. The minimum absolute atomic E-state index is 0.0438. The predicted molar refractivity (Wildman–Crippen MR) is 102 cm³/mol. The zero-order valence-electron chi connectivity index (χ0n) is 15.8. The van der Waals surface area contributed by atoms with E-state index in [9.17, 15) is 14.4 Å². The van der Waals surface area contributed by atoms with Gasteiger partial charge in [-0.2, -0.15) is 0 Å². The number of amides is 4. The van der Waals surface area contributed by atoms with E-state index >= 15 is 0 Å². The van der Waals surface area contributed by atoms with E-state index in [2.05, 4.69) is 20.5 Å². The summed E-state index contributed by atoms with van der Waals surface area (Å²) in [5, 5.41) is 5.54. The first kappa shape index (κ1) is 18.7. The molecule has 0 aromatic carbocycles. The number of rotatable bonds is 5. The SMILES string of the molecule is O=C(CCN1C(=O)NC2(CCCC2)C1=O)Nc1ccc(N2CCOCC2)cn1. The van der Waals surface area contributed by atoms with Crippen LogP contribution in [0.4, 0.5) is 16.3 Å². The van der Waals surface area contributed by atoms with Crippen molar-refractivity contribution in [3.63, 3.8) is 0 Å². The van der Waals surface area contributed by atoms with Crippen LogP contribution in [0.15, 0.2) is 18.3 Å². The largest absolute Gasteiger partial charge is 0.378 e. The Balaban J connectivity index is 1.28. The lowest BCUT2D eigenvalue weighted by molar-refractivity contribution is -0.131. The minimum Gasteiger partial charge on any atom is -0.378 e. The number of nitrogens with zero attached hydrogens (tertiary/aromatic N) is 3. The van der Waals surface area contributed by atoms with Crippen molar-refractivity contribution >= 4 is 29.4 Å². The van der Waals surface area contributed by atoms with Crippen molar-refractivity contribution in [2.75, 3.05) is 43.1 Å². The fraction of sp³-hybridized carbons (Fsp3) is 0.579. The second-order valence-electron chi connectivity index (χ2n) is 7.48. The fourth-order valence-corrected chi connectivity index (χ4v) is 4.08. The molecule has 9 heteroatoms. The summed E-state index contributed by atoms with van der Waals surface area (Å²) in [6.07, 6.45) is 5.00. The maximum atomic E-state index is 12.6. The summed E-state index contributed by atoms with van der Waals surface area (Å²) in [5.74, 6) is -0.0261. The van der Waals surface area contributed by atoms with Crippen LogP contribution in [0.2, 0.25) is 0 Å². The van der Waals surface area contributed by atoms with Gasteiger partial charge in [-0.1, -0.05) is 12.8 Å². The first-order valence-corrected chi connectivity index (χ1v) is 9.80. The Bertz CT molecular complexity index is 754. The van der Waals surface area contributed by atoms with Crippen molar-refractivity contribution in [1.82, 2.24) is 15.2 Å². The summed E-state index contributed by atoms with van der Waals surface area (Å²) in [4.78, 5) is 44.6. The van der Waals surface area contributed by atoms with Crippen molar-refractivity contribution in [1.29, 1.82) is 0 Å². The molecule has 3 heterocycles. The summed E-state index contributed by atoms with van der Waals surface area (Å²) in [6, 6.07) is 3.27. The molecule has 1 saturated carbocycles. The Morgan fingerprint density at radius 1 is 1.21 bits per heavy atom. The molecule has 3 fully saturated rings. The minimum atomic E-state index is -0.732. The molecule has 9 nitrogen and oxygen atoms in total. The summed E-state index contributed by atoms with van der Waals surface area (Å²) >= 11 is 0. The number of aromatic nitrogens is 1. The molecule has 0 unspecified atom stereocenters. The van der Waals surface area contributed by atoms with Gasteiger partial charge in [0, 0.05) is 26.1 Å². The maximum absolute atomic E-state index is 12.6. The predicted octanol–water partition coefficient (Wildman–Crippen LogP) is 1.11. The van der Waals surface area contributed by atoms with Gasteiger partial charge in [-0.05, 0) is 25.0 Å². The molecule has 4 rings (SSSR count). The number of carbonyl (C=O) groups excluding carboxylic acids is 3. The van der Waals surface area contributed by atoms with Crippen molar-refractivity contribution in [3.8, 4) is 0 Å². The van der Waals surface area contributed by atoms with E-state index in [1.807, 2.05) is 6.07 Å². The molecule has 1 aliphatic carbocycles. The van der Waals surface area contributed by atoms with Crippen LogP contribution in [0.5, 0.6) is 0 Å². The molecule has 0 atom stereocenters. The Hall–Kier alpha value is -2.68. The van der Waals surface area contributed by atoms with E-state index in [4.69, 9.17) is 4.74 Å². The van der Waals surface area contributed by atoms with Crippen LogP contribution in [0, 0.1) is 0 Å². The van der Waals surface area contributed by atoms with Crippen molar-refractivity contribution in [2.24, 2.45) is 0 Å². The summed E-state index contributed by atoms with van der Waals surface area (Å²) in [7, 11) is 0. The maximum Gasteiger partial charge on any atom is 0.325 e. The molecule has 1 aromatic heterocycles. The van der Waals surface area contributed by atoms with Gasteiger partial charge in [0.25, 0.3) is 5.91 Å². The highest BCUT2D eigenvalue weighted by molar-refractivity contribution is 6.07. The molecule has 4 amide bonds. The average molecular weight is 387 g/mol. The average Bonchev–Trinajstić information content (AvgIpc) is 3.27. The lowest BCUT2D eigenvalue weighted by atomic mass is 9.98. The zero-order valence-corrected chi connectivity index (χ0v) is 15.8. The quantitative estimate of drug-likeness (QED) is 0.734. The summed E-state index contributed by atoms with van der Waals surface area (Å²) in [5.41, 5.74) is 0.257. The normalized spacial score (nSPS) is 21.3. The van der Waals surface area contributed by atoms with Crippen LogP contribution in [-0.4, -0.2) is 66.1 Å². The highest BCUT2D eigenvalue weighted by atomic mass is 16.5. The molecule has 2 aliphatic heterocycles. The molecule has 1 spiro atoms. The number of nitrogens with one attached hydrogen (secondary N) is 2. The van der Waals surface area contributed by atoms with Gasteiger partial charge in [-0.25, -0.2) is 9.78 Å². The van der Waals surface area contributed by atoms with E-state index in [-0.39, 0.29) is 24.8 Å². The zero-order chi connectivity index (χ0) is 19.6. The van der Waals surface area contributed by atoms with E-state index in [1.54, 1.807) is 12.3 Å². The van der Waals surface area contributed by atoms with Gasteiger partial charge in [-0.3, -0.25) is 14.5 Å². The van der Waals surface area contributed by atoms with Crippen LogP contribution >= 0.6 is 0 Å². The molecule has 2 N–H and O–H groups in total. The Kier molecular flexibility index (Phi) is 5.17. The smallest absolute Gasteiger partial charge is 0.325 e. The number of imide groups is 1. The van der Waals surface area contributed by atoms with Crippen LogP contribution in [0.3, 0.4) is 0 Å². The number of carbonyl (C=O) groups is 3. The third kappa shape index (κ3) is 3.66. The van der Waals surface area contributed by atoms with Gasteiger partial charge >= 0.3 is 6.03 Å². The van der Waals surface area contributed by atoms with Gasteiger partial charge < -0.3 is 20.3 Å². The topological polar surface area (TPSA) is 104 Å². The molecule has 0 bridgehead atoms. The number of anilines is 2. The van der Waals surface area contributed by atoms with E-state index in [0.29, 0.717) is 31.9 Å². The van der Waals surface area contributed by atoms with E-state index in [0.717, 1.165) is 31.6 Å². The van der Waals surface area contributed by atoms with Crippen LogP contribution in [0.25, 0.3) is 0 Å². The third-order valence-corrected chi connectivity index (χ3v) is 5.66. The summed E-state index contributed by atoms with van der Waals surface area (Å²) in [6.45, 7) is 3.11. The van der Waals surface area contributed by atoms with Gasteiger partial charge in [0.2, 0.25) is 5.91 Å². The molecule has 28 heavy (non-hydrogen) atoms. The second kappa shape index (κ2) is 7.75. The summed E-state index contributed by atoms with van der Waals surface area (Å²) < 4.78 is 5.34. The Morgan fingerprint density at radius 2 is 1.96 bits per heavy atom. The van der Waals surface area contributed by atoms with E-state index in [1.165, 1.54) is 4.90 Å². The molecular formula is C19H25N5O4. The highest BCUT2D eigenvalue weighted by Gasteiger charge is 2.52. The highest BCUT2D eigenvalue weighted by Crippen LogP contribution is 2.35. The lowest BCUT2D eigenvalue weighted by Gasteiger charge is -2.28. The van der Waals surface area contributed by atoms with Gasteiger partial charge in [0.05, 0.1) is 25.1 Å². The standard InChI is InChI=1S/C19H25N5O4/c25-16(5-8-24-17(26)19(22-18(24)27)6-1-2-7-19)21-15-4-3-14(13-20-15)23-9-11-28-12-10-23/h3-4,13H,1-2,5-12H2,(H,22,27)(H,20,21,25). The Morgan fingerprint density at radius 3 is 2.64 bits per heavy atom. The molecule has 1 aromatic rings. The van der Waals surface area contributed by atoms with Gasteiger partial charge in [0.1, 0.15) is 11.4 Å². The molecule has 2 saturated heterocycles.